The van der Waals surface area contributed by atoms with Gasteiger partial charge in [0, 0.05) is 31.5 Å². The van der Waals surface area contributed by atoms with Crippen molar-refractivity contribution >= 4 is 11.7 Å². The molecule has 1 aromatic carbocycles. The predicted octanol–water partition coefficient (Wildman–Crippen LogP) is 2.54. The summed E-state index contributed by atoms with van der Waals surface area (Å²) >= 11 is 0. The van der Waals surface area contributed by atoms with Crippen molar-refractivity contribution in [2.45, 2.75) is 37.4 Å². The molecule has 2 aromatic rings. The summed E-state index contributed by atoms with van der Waals surface area (Å²) in [5.74, 6) is -0.109. The Bertz CT molecular complexity index is 829. The second-order valence-electron chi connectivity index (χ2n) is 7.11. The zero-order valence-electron chi connectivity index (χ0n) is 15.3. The fraction of sp³-hybridized carbons (Fsp3) is 0.450. The molecule has 0 bridgehead atoms. The lowest BCUT2D eigenvalue weighted by molar-refractivity contribution is -0.175. The molecule has 0 amide bonds. The summed E-state index contributed by atoms with van der Waals surface area (Å²) in [6.45, 7) is 1.32. The molecular formula is C20H23N3O4. The second kappa shape index (κ2) is 7.15. The van der Waals surface area contributed by atoms with E-state index in [1.54, 1.807) is 18.3 Å². The summed E-state index contributed by atoms with van der Waals surface area (Å²) in [4.78, 5) is 14.5. The van der Waals surface area contributed by atoms with Crippen molar-refractivity contribution in [3.63, 3.8) is 0 Å². The number of hydrogen-bond acceptors (Lipinski definition) is 7. The van der Waals surface area contributed by atoms with E-state index in [2.05, 4.69) is 15.1 Å². The molecule has 1 aliphatic carbocycles. The van der Waals surface area contributed by atoms with Gasteiger partial charge in [-0.25, -0.2) is 4.79 Å². The summed E-state index contributed by atoms with van der Waals surface area (Å²) in [5.41, 5.74) is 1.33. The molecule has 1 N–H and O–H groups in total. The molecule has 4 rings (SSSR count). The first-order valence-electron chi connectivity index (χ1n) is 9.23. The lowest BCUT2D eigenvalue weighted by atomic mass is 9.90. The minimum Gasteiger partial charge on any atom is -0.507 e. The third kappa shape index (κ3) is 3.60. The molecule has 2 heterocycles. The second-order valence-corrected chi connectivity index (χ2v) is 7.11. The van der Waals surface area contributed by atoms with Crippen LogP contribution >= 0.6 is 0 Å². The third-order valence-corrected chi connectivity index (χ3v) is 5.23. The van der Waals surface area contributed by atoms with E-state index in [-0.39, 0.29) is 17.8 Å². The van der Waals surface area contributed by atoms with Crippen LogP contribution in [0.15, 0.2) is 36.5 Å². The Balaban J connectivity index is 1.52. The number of benzene rings is 1. The average molecular weight is 369 g/mol. The van der Waals surface area contributed by atoms with Gasteiger partial charge >= 0.3 is 5.97 Å². The highest BCUT2D eigenvalue weighted by Crippen LogP contribution is 2.37. The van der Waals surface area contributed by atoms with Crippen molar-refractivity contribution in [1.29, 1.82) is 0 Å². The molecule has 1 aromatic heterocycles. The maximum absolute atomic E-state index is 12.4. The van der Waals surface area contributed by atoms with Crippen LogP contribution in [0.4, 0.5) is 5.69 Å². The Morgan fingerprint density at radius 1 is 1.26 bits per heavy atom. The van der Waals surface area contributed by atoms with Gasteiger partial charge in [-0.2, -0.15) is 10.2 Å². The molecule has 0 unspecified atom stereocenters. The van der Waals surface area contributed by atoms with Crippen LogP contribution in [0.1, 0.15) is 25.7 Å². The van der Waals surface area contributed by atoms with E-state index in [4.69, 9.17) is 9.47 Å². The van der Waals surface area contributed by atoms with Crippen LogP contribution in [0, 0.1) is 0 Å². The van der Waals surface area contributed by atoms with Crippen molar-refractivity contribution in [2.24, 2.45) is 0 Å². The van der Waals surface area contributed by atoms with Gasteiger partial charge < -0.3 is 19.5 Å². The number of rotatable bonds is 5. The number of carbonyl (C=O) groups excluding carboxylic acids is 1. The number of nitrogens with zero attached hydrogens (tertiary/aromatic N) is 3. The Morgan fingerprint density at radius 3 is 2.67 bits per heavy atom. The number of carbonyl (C=O) groups is 1. The molecular weight excluding hydrogens is 346 g/mol. The van der Waals surface area contributed by atoms with Crippen LogP contribution in [0.3, 0.4) is 0 Å². The number of para-hydroxylation sites is 1. The van der Waals surface area contributed by atoms with E-state index < -0.39 is 5.60 Å². The molecule has 7 heteroatoms. The molecule has 1 saturated heterocycles. The fourth-order valence-electron chi connectivity index (χ4n) is 3.54. The summed E-state index contributed by atoms with van der Waals surface area (Å²) in [6.07, 6.45) is 5.07. The van der Waals surface area contributed by atoms with E-state index >= 15 is 0 Å². The highest BCUT2D eigenvalue weighted by Gasteiger charge is 2.47. The minimum atomic E-state index is -0.840. The molecule has 142 valence electrons. The molecule has 0 spiro atoms. The standard InChI is InChI=1S/C20H23N3O4/c1-26-19(25)20(27-15-6-7-15)8-10-23(11-9-20)14-12-17(22-21-13-14)16-4-2-3-5-18(16)24/h2-5,12-13,15,24H,6-11H2,1H3. The first-order valence-corrected chi connectivity index (χ1v) is 9.23. The molecule has 0 radical (unpaired) electrons. The van der Waals surface area contributed by atoms with Gasteiger partial charge in [-0.15, -0.1) is 0 Å². The van der Waals surface area contributed by atoms with Crippen molar-refractivity contribution < 1.29 is 19.4 Å². The van der Waals surface area contributed by atoms with Gasteiger partial charge in [-0.3, -0.25) is 0 Å². The number of aromatic hydroxyl groups is 1. The molecule has 1 saturated carbocycles. The highest BCUT2D eigenvalue weighted by atomic mass is 16.6. The summed E-state index contributed by atoms with van der Waals surface area (Å²) in [5, 5.41) is 18.3. The van der Waals surface area contributed by atoms with Crippen LogP contribution in [0.25, 0.3) is 11.3 Å². The van der Waals surface area contributed by atoms with E-state index in [0.717, 1.165) is 18.5 Å². The first-order chi connectivity index (χ1) is 13.1. The van der Waals surface area contributed by atoms with Crippen molar-refractivity contribution in [3.8, 4) is 17.0 Å². The van der Waals surface area contributed by atoms with Crippen molar-refractivity contribution in [3.05, 3.63) is 36.5 Å². The smallest absolute Gasteiger partial charge is 0.338 e. The van der Waals surface area contributed by atoms with E-state index in [1.807, 2.05) is 18.2 Å². The van der Waals surface area contributed by atoms with Gasteiger partial charge in [0.15, 0.2) is 5.60 Å². The Kier molecular flexibility index (Phi) is 4.70. The van der Waals surface area contributed by atoms with Crippen molar-refractivity contribution in [2.75, 3.05) is 25.1 Å². The zero-order valence-corrected chi connectivity index (χ0v) is 15.3. The third-order valence-electron chi connectivity index (χ3n) is 5.23. The van der Waals surface area contributed by atoms with E-state index in [0.29, 0.717) is 37.2 Å². The van der Waals surface area contributed by atoms with Crippen LogP contribution < -0.4 is 4.90 Å². The molecule has 0 atom stereocenters. The SMILES string of the molecule is COC(=O)C1(OC2CC2)CCN(c2cnnc(-c3ccccc3O)c2)CC1. The number of piperidine rings is 1. The van der Waals surface area contributed by atoms with Crippen LogP contribution in [-0.4, -0.2) is 53.2 Å². The zero-order chi connectivity index (χ0) is 18.9. The number of ether oxygens (including phenoxy) is 2. The minimum absolute atomic E-state index is 0.171. The maximum atomic E-state index is 12.4. The summed E-state index contributed by atoms with van der Waals surface area (Å²) in [7, 11) is 1.41. The van der Waals surface area contributed by atoms with Crippen LogP contribution in [0.5, 0.6) is 5.75 Å². The molecule has 27 heavy (non-hydrogen) atoms. The average Bonchev–Trinajstić information content (AvgIpc) is 3.52. The topological polar surface area (TPSA) is 84.8 Å². The van der Waals surface area contributed by atoms with Crippen molar-refractivity contribution in [1.82, 2.24) is 10.2 Å². The van der Waals surface area contributed by atoms with Gasteiger partial charge in [0.2, 0.25) is 0 Å². The Hall–Kier alpha value is -2.67. The van der Waals surface area contributed by atoms with Gasteiger partial charge in [0.25, 0.3) is 0 Å². The normalized spacial score (nSPS) is 18.9. The molecule has 2 fully saturated rings. The van der Waals surface area contributed by atoms with E-state index in [1.165, 1.54) is 7.11 Å². The maximum Gasteiger partial charge on any atom is 0.338 e. The lowest BCUT2D eigenvalue weighted by Crippen LogP contribution is -2.52. The number of esters is 1. The quantitative estimate of drug-likeness (QED) is 0.811. The summed E-state index contributed by atoms with van der Waals surface area (Å²) in [6, 6.07) is 8.97. The van der Waals surface area contributed by atoms with Gasteiger partial charge in [-0.05, 0) is 31.0 Å². The lowest BCUT2D eigenvalue weighted by Gasteiger charge is -2.40. The van der Waals surface area contributed by atoms with E-state index in [9.17, 15) is 9.90 Å². The highest BCUT2D eigenvalue weighted by molar-refractivity contribution is 5.80. The largest absolute Gasteiger partial charge is 0.507 e. The van der Waals surface area contributed by atoms with Gasteiger partial charge in [0.1, 0.15) is 5.75 Å². The van der Waals surface area contributed by atoms with Crippen LogP contribution in [0.2, 0.25) is 0 Å². The first kappa shape index (κ1) is 17.7. The number of aromatic nitrogens is 2. The fourth-order valence-corrected chi connectivity index (χ4v) is 3.54. The number of phenols is 1. The number of methoxy groups -OCH3 is 1. The Labute approximate surface area is 157 Å². The van der Waals surface area contributed by atoms with Gasteiger partial charge in [0.05, 0.1) is 30.8 Å². The number of anilines is 1. The van der Waals surface area contributed by atoms with Crippen LogP contribution in [-0.2, 0) is 14.3 Å². The predicted molar refractivity (Wildman–Crippen MR) is 99.4 cm³/mol. The number of hydrogen-bond donors (Lipinski definition) is 1. The molecule has 7 nitrogen and oxygen atoms in total. The Morgan fingerprint density at radius 2 is 2.00 bits per heavy atom. The molecule has 1 aliphatic heterocycles. The van der Waals surface area contributed by atoms with Gasteiger partial charge in [-0.1, -0.05) is 12.1 Å². The summed E-state index contributed by atoms with van der Waals surface area (Å²) < 4.78 is 11.1. The number of phenolic OH excluding ortho intramolecular Hbond substituents is 1. The molecule has 2 aliphatic rings. The monoisotopic (exact) mass is 369 g/mol.